The van der Waals surface area contributed by atoms with Gasteiger partial charge in [0.1, 0.15) is 0 Å². The molecule has 1 heterocycles. The summed E-state index contributed by atoms with van der Waals surface area (Å²) in [6.07, 6.45) is 1.95. The minimum atomic E-state index is -0.478. The van der Waals surface area contributed by atoms with Crippen LogP contribution in [0, 0.1) is 5.92 Å². The van der Waals surface area contributed by atoms with Gasteiger partial charge >= 0.3 is 0 Å². The number of aliphatic hydroxyl groups is 1. The molecule has 3 rings (SSSR count). The molecule has 2 aliphatic rings. The monoisotopic (exact) mass is 417 g/mol. The molecule has 0 radical (unpaired) electrons. The molecular weight excluding hydrogens is 382 g/mol. The fourth-order valence-corrected chi connectivity index (χ4v) is 4.19. The molecule has 166 valence electrons. The summed E-state index contributed by atoms with van der Waals surface area (Å²) in [6.45, 7) is 5.99. The molecule has 3 atom stereocenters. The highest BCUT2D eigenvalue weighted by Crippen LogP contribution is 2.41. The number of fused-ring (bicyclic) bond motifs is 1. The van der Waals surface area contributed by atoms with E-state index in [1.807, 2.05) is 30.0 Å². The molecule has 30 heavy (non-hydrogen) atoms. The van der Waals surface area contributed by atoms with E-state index in [4.69, 9.17) is 11.5 Å². The number of hydrogen-bond donors (Lipinski definition) is 4. The van der Waals surface area contributed by atoms with E-state index in [1.54, 1.807) is 11.8 Å². The lowest BCUT2D eigenvalue weighted by atomic mass is 9.95. The second kappa shape index (κ2) is 9.87. The number of carbonyl (C=O) groups excluding carboxylic acids is 2. The van der Waals surface area contributed by atoms with Gasteiger partial charge in [-0.05, 0) is 50.4 Å². The van der Waals surface area contributed by atoms with Gasteiger partial charge in [0, 0.05) is 44.9 Å². The Balaban J connectivity index is 1.84. The molecule has 1 saturated carbocycles. The van der Waals surface area contributed by atoms with E-state index < -0.39 is 6.10 Å². The van der Waals surface area contributed by atoms with Crippen LogP contribution in [0.25, 0.3) is 0 Å². The van der Waals surface area contributed by atoms with Gasteiger partial charge in [0.05, 0.1) is 23.5 Å². The van der Waals surface area contributed by atoms with Crippen molar-refractivity contribution >= 4 is 23.2 Å². The highest BCUT2D eigenvalue weighted by Gasteiger charge is 2.39. The Kier molecular flexibility index (Phi) is 7.46. The smallest absolute Gasteiger partial charge is 0.230 e. The predicted molar refractivity (Wildman–Crippen MR) is 118 cm³/mol. The first-order valence-electron chi connectivity index (χ1n) is 10.9. The molecule has 0 aromatic heterocycles. The summed E-state index contributed by atoms with van der Waals surface area (Å²) in [6, 6.07) is 5.86. The Morgan fingerprint density at radius 2 is 1.97 bits per heavy atom. The van der Waals surface area contributed by atoms with Gasteiger partial charge in [-0.25, -0.2) is 0 Å². The standard InChI is InChI=1S/C22H35N5O3/c1-14-13-26(22(30)16-3-4-16)21-9-17(5-6-20(21)27(14)15(2)28)18(10-24)11-25-12-19(29)7-8-23/h5-6,9,14,16,18-19,25,29H,3-4,7-8,10-13,23-24H2,1-2H3/t14-,18?,19?/m0/s1. The summed E-state index contributed by atoms with van der Waals surface area (Å²) in [5, 5.41) is 13.1. The van der Waals surface area contributed by atoms with E-state index in [9.17, 15) is 14.7 Å². The van der Waals surface area contributed by atoms with E-state index in [0.29, 0.717) is 39.1 Å². The molecule has 0 saturated heterocycles. The summed E-state index contributed by atoms with van der Waals surface area (Å²) in [5.41, 5.74) is 14.1. The van der Waals surface area contributed by atoms with Gasteiger partial charge in [0.2, 0.25) is 11.8 Å². The number of carbonyl (C=O) groups is 2. The fourth-order valence-electron chi connectivity index (χ4n) is 4.19. The van der Waals surface area contributed by atoms with Gasteiger partial charge in [0.25, 0.3) is 0 Å². The molecule has 8 heteroatoms. The van der Waals surface area contributed by atoms with Crippen molar-refractivity contribution < 1.29 is 14.7 Å². The third-order valence-corrected chi connectivity index (χ3v) is 6.00. The second-order valence-corrected chi connectivity index (χ2v) is 8.53. The Bertz CT molecular complexity index is 767. The van der Waals surface area contributed by atoms with Crippen LogP contribution in [0.1, 0.15) is 44.6 Å². The van der Waals surface area contributed by atoms with Crippen LogP contribution in [0.3, 0.4) is 0 Å². The topological polar surface area (TPSA) is 125 Å². The first-order chi connectivity index (χ1) is 14.4. The lowest BCUT2D eigenvalue weighted by Crippen LogP contribution is -2.51. The van der Waals surface area contributed by atoms with Crippen molar-refractivity contribution in [3.63, 3.8) is 0 Å². The maximum Gasteiger partial charge on any atom is 0.230 e. The van der Waals surface area contributed by atoms with Gasteiger partial charge in [-0.2, -0.15) is 0 Å². The van der Waals surface area contributed by atoms with E-state index in [2.05, 4.69) is 5.32 Å². The van der Waals surface area contributed by atoms with Crippen LogP contribution >= 0.6 is 0 Å². The molecule has 2 unspecified atom stereocenters. The van der Waals surface area contributed by atoms with Crippen LogP contribution in [0.2, 0.25) is 0 Å². The van der Waals surface area contributed by atoms with E-state index in [-0.39, 0.29) is 29.7 Å². The number of aliphatic hydroxyl groups excluding tert-OH is 1. The Morgan fingerprint density at radius 1 is 1.23 bits per heavy atom. The van der Waals surface area contributed by atoms with Crippen molar-refractivity contribution in [1.29, 1.82) is 0 Å². The number of nitrogens with two attached hydrogens (primary N) is 2. The molecule has 2 amide bonds. The number of rotatable bonds is 9. The molecule has 0 spiro atoms. The zero-order chi connectivity index (χ0) is 21.8. The van der Waals surface area contributed by atoms with Gasteiger partial charge in [-0.1, -0.05) is 6.07 Å². The summed E-state index contributed by atoms with van der Waals surface area (Å²) < 4.78 is 0. The van der Waals surface area contributed by atoms with Crippen LogP contribution in [0.5, 0.6) is 0 Å². The Hall–Kier alpha value is -2.00. The van der Waals surface area contributed by atoms with Crippen LogP contribution in [0.4, 0.5) is 11.4 Å². The molecule has 8 nitrogen and oxygen atoms in total. The van der Waals surface area contributed by atoms with Crippen LogP contribution < -0.4 is 26.6 Å². The first-order valence-corrected chi connectivity index (χ1v) is 10.9. The van der Waals surface area contributed by atoms with Gasteiger partial charge in [-0.3, -0.25) is 9.59 Å². The van der Waals surface area contributed by atoms with Crippen molar-refractivity contribution in [2.45, 2.75) is 51.2 Å². The summed E-state index contributed by atoms with van der Waals surface area (Å²) in [4.78, 5) is 28.9. The van der Waals surface area contributed by atoms with E-state index >= 15 is 0 Å². The minimum Gasteiger partial charge on any atom is -0.392 e. The van der Waals surface area contributed by atoms with Gasteiger partial charge in [-0.15, -0.1) is 0 Å². The number of anilines is 2. The van der Waals surface area contributed by atoms with Gasteiger partial charge < -0.3 is 31.7 Å². The molecule has 1 fully saturated rings. The Morgan fingerprint density at radius 3 is 2.57 bits per heavy atom. The minimum absolute atomic E-state index is 0.0269. The lowest BCUT2D eigenvalue weighted by molar-refractivity contribution is -0.120. The maximum absolute atomic E-state index is 13.0. The summed E-state index contributed by atoms with van der Waals surface area (Å²) >= 11 is 0. The van der Waals surface area contributed by atoms with Crippen LogP contribution in [-0.2, 0) is 9.59 Å². The normalized spacial score (nSPS) is 20.6. The first kappa shape index (κ1) is 22.7. The number of nitrogens with one attached hydrogen (secondary N) is 1. The SMILES string of the molecule is CC(=O)N1c2ccc(C(CN)CNCC(O)CCN)cc2N(C(=O)C2CC2)C[C@@H]1C. The quantitative estimate of drug-likeness (QED) is 0.464. The second-order valence-electron chi connectivity index (χ2n) is 8.53. The fraction of sp³-hybridized carbons (Fsp3) is 0.636. The van der Waals surface area contributed by atoms with Crippen LogP contribution in [-0.4, -0.2) is 61.8 Å². The highest BCUT2D eigenvalue weighted by molar-refractivity contribution is 6.05. The molecule has 1 aromatic rings. The maximum atomic E-state index is 13.0. The van der Waals surface area contributed by atoms with Crippen molar-refractivity contribution in [1.82, 2.24) is 5.32 Å². The van der Waals surface area contributed by atoms with Crippen molar-refractivity contribution in [3.05, 3.63) is 23.8 Å². The third-order valence-electron chi connectivity index (χ3n) is 6.00. The number of amides is 2. The van der Waals surface area contributed by atoms with Crippen molar-refractivity contribution in [2.75, 3.05) is 42.5 Å². The largest absolute Gasteiger partial charge is 0.392 e. The number of benzene rings is 1. The third kappa shape index (κ3) is 5.00. The average molecular weight is 418 g/mol. The average Bonchev–Trinajstić information content (AvgIpc) is 3.55. The highest BCUT2D eigenvalue weighted by atomic mass is 16.3. The van der Waals surface area contributed by atoms with Crippen molar-refractivity contribution in [2.24, 2.45) is 17.4 Å². The molecule has 6 N–H and O–H groups in total. The predicted octanol–water partition coefficient (Wildman–Crippen LogP) is 0.526. The zero-order valence-electron chi connectivity index (χ0n) is 18.0. The molecule has 1 aromatic carbocycles. The summed E-state index contributed by atoms with van der Waals surface area (Å²) in [5.74, 6) is 0.258. The van der Waals surface area contributed by atoms with Crippen molar-refractivity contribution in [3.8, 4) is 0 Å². The molecule has 1 aliphatic heterocycles. The van der Waals surface area contributed by atoms with E-state index in [1.165, 1.54) is 0 Å². The van der Waals surface area contributed by atoms with Crippen LogP contribution in [0.15, 0.2) is 18.2 Å². The molecular formula is C22H35N5O3. The number of hydrogen-bond acceptors (Lipinski definition) is 6. The summed E-state index contributed by atoms with van der Waals surface area (Å²) in [7, 11) is 0. The lowest BCUT2D eigenvalue weighted by Gasteiger charge is -2.41. The Labute approximate surface area is 178 Å². The molecule has 1 aliphatic carbocycles. The van der Waals surface area contributed by atoms with E-state index in [0.717, 1.165) is 29.8 Å². The zero-order valence-corrected chi connectivity index (χ0v) is 18.0. The van der Waals surface area contributed by atoms with Gasteiger partial charge in [0.15, 0.2) is 0 Å². The number of nitrogens with zero attached hydrogens (tertiary/aromatic N) is 2. The molecule has 0 bridgehead atoms.